The van der Waals surface area contributed by atoms with Gasteiger partial charge in [-0.3, -0.25) is 4.79 Å². The van der Waals surface area contributed by atoms with Gasteiger partial charge in [0.2, 0.25) is 0 Å². The van der Waals surface area contributed by atoms with Gasteiger partial charge in [-0.15, -0.1) is 0 Å². The zero-order valence-corrected chi connectivity index (χ0v) is 16.9. The van der Waals surface area contributed by atoms with Crippen LogP contribution in [0.2, 0.25) is 0 Å². The molecule has 2 aromatic heterocycles. The number of hydrogen-bond acceptors (Lipinski definition) is 3. The van der Waals surface area contributed by atoms with E-state index < -0.39 is 0 Å². The van der Waals surface area contributed by atoms with Crippen molar-refractivity contribution in [3.05, 3.63) is 59.4 Å². The molecule has 0 unspecified atom stereocenters. The molecule has 28 heavy (non-hydrogen) atoms. The van der Waals surface area contributed by atoms with Gasteiger partial charge in [-0.25, -0.2) is 9.67 Å². The summed E-state index contributed by atoms with van der Waals surface area (Å²) in [6, 6.07) is 12.8. The van der Waals surface area contributed by atoms with E-state index in [1.807, 2.05) is 28.8 Å². The molecule has 0 aliphatic carbocycles. The van der Waals surface area contributed by atoms with Crippen LogP contribution in [0.15, 0.2) is 42.6 Å². The van der Waals surface area contributed by atoms with E-state index >= 15 is 0 Å². The number of carbonyl (C=O) groups is 1. The summed E-state index contributed by atoms with van der Waals surface area (Å²) in [6.45, 7) is 7.73. The summed E-state index contributed by atoms with van der Waals surface area (Å²) in [7, 11) is 0. The van der Waals surface area contributed by atoms with Gasteiger partial charge in [-0.05, 0) is 57.6 Å². The highest BCUT2D eigenvalue weighted by Crippen LogP contribution is 2.25. The van der Waals surface area contributed by atoms with Crippen molar-refractivity contribution < 1.29 is 4.79 Å². The first-order chi connectivity index (χ1) is 13.5. The van der Waals surface area contributed by atoms with Gasteiger partial charge in [0.15, 0.2) is 5.65 Å². The molecule has 5 nitrogen and oxygen atoms in total. The van der Waals surface area contributed by atoms with Gasteiger partial charge in [-0.2, -0.15) is 5.10 Å². The number of aryl methyl sites for hydroxylation is 1. The Morgan fingerprint density at radius 3 is 2.57 bits per heavy atom. The minimum absolute atomic E-state index is 0.0994. The van der Waals surface area contributed by atoms with E-state index in [0.717, 1.165) is 49.1 Å². The number of likely N-dealkylation sites (tertiary alicyclic amines) is 1. The number of nitrogens with zero attached hydrogens (tertiary/aromatic N) is 4. The summed E-state index contributed by atoms with van der Waals surface area (Å²) < 4.78 is 1.91. The van der Waals surface area contributed by atoms with Crippen molar-refractivity contribution in [2.45, 2.75) is 46.1 Å². The fourth-order valence-electron chi connectivity index (χ4n) is 4.12. The number of amides is 1. The van der Waals surface area contributed by atoms with Crippen molar-refractivity contribution in [1.82, 2.24) is 19.7 Å². The largest absolute Gasteiger partial charge is 0.339 e. The Bertz CT molecular complexity index is 969. The molecule has 1 saturated heterocycles. The molecule has 1 fully saturated rings. The van der Waals surface area contributed by atoms with Gasteiger partial charge < -0.3 is 4.90 Å². The van der Waals surface area contributed by atoms with Crippen LogP contribution in [0.1, 0.15) is 54.3 Å². The summed E-state index contributed by atoms with van der Waals surface area (Å²) in [5, 5.41) is 5.36. The zero-order chi connectivity index (χ0) is 19.7. The number of pyridine rings is 1. The smallest absolute Gasteiger partial charge is 0.255 e. The average molecular weight is 377 g/mol. The molecule has 1 aromatic carbocycles. The van der Waals surface area contributed by atoms with E-state index in [9.17, 15) is 4.79 Å². The third kappa shape index (κ3) is 3.66. The molecular weight excluding hydrogens is 348 g/mol. The van der Waals surface area contributed by atoms with Crippen LogP contribution in [0.5, 0.6) is 0 Å². The highest BCUT2D eigenvalue weighted by molar-refractivity contribution is 5.98. The Balaban J connectivity index is 1.46. The lowest BCUT2D eigenvalue weighted by atomic mass is 9.90. The second kappa shape index (κ2) is 7.74. The lowest BCUT2D eigenvalue weighted by Gasteiger charge is -2.32. The van der Waals surface area contributed by atoms with Crippen molar-refractivity contribution in [3.8, 4) is 0 Å². The first-order valence-electron chi connectivity index (χ1n) is 10.2. The van der Waals surface area contributed by atoms with Gasteiger partial charge in [0.05, 0.1) is 17.5 Å². The monoisotopic (exact) mass is 376 g/mol. The summed E-state index contributed by atoms with van der Waals surface area (Å²) in [6.07, 6.45) is 5.02. The van der Waals surface area contributed by atoms with Crippen LogP contribution >= 0.6 is 0 Å². The van der Waals surface area contributed by atoms with E-state index in [-0.39, 0.29) is 11.9 Å². The molecule has 0 saturated carbocycles. The SMILES string of the molecule is Cc1nc2c(cnn2C(C)C)cc1C(=O)N1CCC(Cc2ccccc2)CC1. The first-order valence-corrected chi connectivity index (χ1v) is 10.2. The fourth-order valence-corrected chi connectivity index (χ4v) is 4.12. The van der Waals surface area contributed by atoms with Crippen molar-refractivity contribution >= 4 is 16.9 Å². The number of rotatable bonds is 4. The minimum atomic E-state index is 0.0994. The van der Waals surface area contributed by atoms with Crippen LogP contribution in [0.3, 0.4) is 0 Å². The number of hydrogen-bond donors (Lipinski definition) is 0. The predicted molar refractivity (Wildman–Crippen MR) is 111 cm³/mol. The topological polar surface area (TPSA) is 51.0 Å². The summed E-state index contributed by atoms with van der Waals surface area (Å²) in [4.78, 5) is 19.8. The van der Waals surface area contributed by atoms with Crippen LogP contribution < -0.4 is 0 Å². The molecule has 0 bridgehead atoms. The number of carbonyl (C=O) groups excluding carboxylic acids is 1. The zero-order valence-electron chi connectivity index (χ0n) is 16.9. The second-order valence-corrected chi connectivity index (χ2v) is 8.14. The molecule has 0 atom stereocenters. The second-order valence-electron chi connectivity index (χ2n) is 8.14. The summed E-state index contributed by atoms with van der Waals surface area (Å²) in [5.74, 6) is 0.750. The minimum Gasteiger partial charge on any atom is -0.339 e. The van der Waals surface area contributed by atoms with Crippen LogP contribution in [0.4, 0.5) is 0 Å². The van der Waals surface area contributed by atoms with Crippen molar-refractivity contribution in [1.29, 1.82) is 0 Å². The quantitative estimate of drug-likeness (QED) is 0.677. The van der Waals surface area contributed by atoms with Gasteiger partial charge in [0.25, 0.3) is 5.91 Å². The van der Waals surface area contributed by atoms with Crippen LogP contribution in [0, 0.1) is 12.8 Å². The molecule has 146 valence electrons. The van der Waals surface area contributed by atoms with Crippen LogP contribution in [-0.2, 0) is 6.42 Å². The van der Waals surface area contributed by atoms with Crippen LogP contribution in [-0.4, -0.2) is 38.7 Å². The highest BCUT2D eigenvalue weighted by Gasteiger charge is 2.25. The Morgan fingerprint density at radius 2 is 1.89 bits per heavy atom. The number of piperidine rings is 1. The van der Waals surface area contributed by atoms with E-state index in [2.05, 4.69) is 49.3 Å². The predicted octanol–water partition coefficient (Wildman–Crippen LogP) is 4.42. The van der Waals surface area contributed by atoms with Crippen molar-refractivity contribution in [3.63, 3.8) is 0 Å². The fraction of sp³-hybridized carbons (Fsp3) is 0.435. The molecule has 4 rings (SSSR count). The maximum atomic E-state index is 13.1. The van der Waals surface area contributed by atoms with E-state index in [1.165, 1.54) is 5.56 Å². The van der Waals surface area contributed by atoms with Gasteiger partial charge in [0.1, 0.15) is 0 Å². The average Bonchev–Trinajstić information content (AvgIpc) is 3.11. The molecule has 3 heterocycles. The number of fused-ring (bicyclic) bond motifs is 1. The first kappa shape index (κ1) is 18.7. The summed E-state index contributed by atoms with van der Waals surface area (Å²) >= 11 is 0. The molecular formula is C23H28N4O. The summed E-state index contributed by atoms with van der Waals surface area (Å²) in [5.41, 5.74) is 3.73. The van der Waals surface area contributed by atoms with E-state index in [0.29, 0.717) is 11.5 Å². The third-order valence-electron chi connectivity index (χ3n) is 5.75. The molecule has 1 aliphatic heterocycles. The molecule has 1 aliphatic rings. The van der Waals surface area contributed by atoms with Crippen molar-refractivity contribution in [2.24, 2.45) is 5.92 Å². The number of benzene rings is 1. The molecule has 3 aromatic rings. The van der Waals surface area contributed by atoms with Gasteiger partial charge in [0, 0.05) is 24.5 Å². The maximum absolute atomic E-state index is 13.1. The maximum Gasteiger partial charge on any atom is 0.255 e. The Labute approximate surface area is 166 Å². The molecule has 5 heteroatoms. The molecule has 1 amide bonds. The molecule has 0 radical (unpaired) electrons. The molecule has 0 spiro atoms. The van der Waals surface area contributed by atoms with Crippen molar-refractivity contribution in [2.75, 3.05) is 13.1 Å². The lowest BCUT2D eigenvalue weighted by molar-refractivity contribution is 0.0689. The molecule has 0 N–H and O–H groups in total. The Morgan fingerprint density at radius 1 is 1.18 bits per heavy atom. The van der Waals surface area contributed by atoms with Gasteiger partial charge >= 0.3 is 0 Å². The van der Waals surface area contributed by atoms with Gasteiger partial charge in [-0.1, -0.05) is 30.3 Å². The van der Waals surface area contributed by atoms with E-state index in [4.69, 9.17) is 4.98 Å². The lowest BCUT2D eigenvalue weighted by Crippen LogP contribution is -2.39. The normalized spacial score (nSPS) is 15.5. The third-order valence-corrected chi connectivity index (χ3v) is 5.75. The standard InChI is InChI=1S/C23H28N4O/c1-16(2)27-22-20(15-24-27)14-21(17(3)25-22)23(28)26-11-9-19(10-12-26)13-18-7-5-4-6-8-18/h4-8,14-16,19H,9-13H2,1-3H3. The highest BCUT2D eigenvalue weighted by atomic mass is 16.2. The van der Waals surface area contributed by atoms with Crippen LogP contribution in [0.25, 0.3) is 11.0 Å². The Hall–Kier alpha value is -2.69. The number of aromatic nitrogens is 3. The Kier molecular flexibility index (Phi) is 5.16. The van der Waals surface area contributed by atoms with E-state index in [1.54, 1.807) is 0 Å².